The van der Waals surface area contributed by atoms with E-state index >= 15 is 0 Å². The monoisotopic (exact) mass is 317 g/mol. The molecule has 116 valence electrons. The van der Waals surface area contributed by atoms with Crippen molar-refractivity contribution < 1.29 is 14.1 Å². The molecule has 0 aliphatic heterocycles. The van der Waals surface area contributed by atoms with Gasteiger partial charge in [-0.3, -0.25) is 14.9 Å². The fourth-order valence-corrected chi connectivity index (χ4v) is 2.60. The van der Waals surface area contributed by atoms with E-state index in [4.69, 9.17) is 5.73 Å². The second kappa shape index (κ2) is 7.33. The fraction of sp³-hybridized carbons (Fsp3) is 0.462. The Morgan fingerprint density at radius 3 is 2.81 bits per heavy atom. The van der Waals surface area contributed by atoms with Crippen LogP contribution in [0.4, 0.5) is 10.1 Å². The maximum Gasteiger partial charge on any atom is 0.282 e. The van der Waals surface area contributed by atoms with E-state index in [2.05, 4.69) is 5.32 Å². The van der Waals surface area contributed by atoms with Gasteiger partial charge in [-0.05, 0) is 37.4 Å². The Balaban J connectivity index is 0.00000220. The molecular formula is C13H17ClFN3O3. The van der Waals surface area contributed by atoms with Gasteiger partial charge in [-0.15, -0.1) is 12.4 Å². The highest BCUT2D eigenvalue weighted by Gasteiger charge is 2.29. The van der Waals surface area contributed by atoms with Crippen molar-refractivity contribution in [3.8, 4) is 0 Å². The molecule has 2 rings (SSSR count). The Kier molecular flexibility index (Phi) is 6.04. The van der Waals surface area contributed by atoms with Gasteiger partial charge in [0.15, 0.2) is 0 Å². The van der Waals surface area contributed by atoms with E-state index in [1.807, 2.05) is 0 Å². The summed E-state index contributed by atoms with van der Waals surface area (Å²) in [7, 11) is 0. The highest BCUT2D eigenvalue weighted by atomic mass is 35.5. The topological polar surface area (TPSA) is 98.3 Å². The quantitative estimate of drug-likeness (QED) is 0.655. The van der Waals surface area contributed by atoms with E-state index < -0.39 is 22.3 Å². The third-order valence-electron chi connectivity index (χ3n) is 3.68. The molecule has 1 aromatic carbocycles. The standard InChI is InChI=1S/C13H16FN3O3.ClH/c14-9-4-5-12(17(19)20)10(6-9)13(18)16-11-3-1-2-8(11)7-15;/h4-6,8,11H,1-3,7,15H2,(H,16,18);1H. The van der Waals surface area contributed by atoms with Gasteiger partial charge in [0.1, 0.15) is 11.4 Å². The smallest absolute Gasteiger partial charge is 0.282 e. The van der Waals surface area contributed by atoms with Gasteiger partial charge in [0, 0.05) is 12.1 Å². The lowest BCUT2D eigenvalue weighted by molar-refractivity contribution is -0.385. The minimum atomic E-state index is -0.691. The number of nitro benzene ring substituents is 1. The predicted molar refractivity (Wildman–Crippen MR) is 78.0 cm³/mol. The van der Waals surface area contributed by atoms with E-state index in [9.17, 15) is 19.3 Å². The zero-order valence-electron chi connectivity index (χ0n) is 11.3. The molecule has 0 radical (unpaired) electrons. The molecule has 2 atom stereocenters. The summed E-state index contributed by atoms with van der Waals surface area (Å²) in [4.78, 5) is 22.3. The summed E-state index contributed by atoms with van der Waals surface area (Å²) < 4.78 is 13.2. The van der Waals surface area contributed by atoms with Crippen molar-refractivity contribution in [2.75, 3.05) is 6.54 Å². The summed E-state index contributed by atoms with van der Waals surface area (Å²) >= 11 is 0. The maximum atomic E-state index is 13.2. The zero-order chi connectivity index (χ0) is 14.7. The van der Waals surface area contributed by atoms with E-state index in [-0.39, 0.29) is 29.9 Å². The van der Waals surface area contributed by atoms with Crippen LogP contribution in [0.3, 0.4) is 0 Å². The second-order valence-corrected chi connectivity index (χ2v) is 4.93. The molecule has 1 saturated carbocycles. The zero-order valence-corrected chi connectivity index (χ0v) is 12.1. The van der Waals surface area contributed by atoms with Crippen LogP contribution in [0.1, 0.15) is 29.6 Å². The van der Waals surface area contributed by atoms with Gasteiger partial charge in [0.2, 0.25) is 0 Å². The Morgan fingerprint density at radius 1 is 1.48 bits per heavy atom. The normalized spacial score (nSPS) is 20.7. The molecule has 6 nitrogen and oxygen atoms in total. The summed E-state index contributed by atoms with van der Waals surface area (Å²) in [6.07, 6.45) is 2.67. The Hall–Kier alpha value is -1.73. The fourth-order valence-electron chi connectivity index (χ4n) is 2.60. The molecule has 8 heteroatoms. The van der Waals surface area contributed by atoms with Crippen LogP contribution in [0.5, 0.6) is 0 Å². The molecule has 1 aliphatic carbocycles. The largest absolute Gasteiger partial charge is 0.349 e. The van der Waals surface area contributed by atoms with Crippen LogP contribution in [-0.2, 0) is 0 Å². The van der Waals surface area contributed by atoms with Crippen LogP contribution in [-0.4, -0.2) is 23.4 Å². The summed E-state index contributed by atoms with van der Waals surface area (Å²) in [6.45, 7) is 0.455. The highest BCUT2D eigenvalue weighted by Crippen LogP contribution is 2.26. The third-order valence-corrected chi connectivity index (χ3v) is 3.68. The van der Waals surface area contributed by atoms with Crippen LogP contribution < -0.4 is 11.1 Å². The molecule has 0 bridgehead atoms. The lowest BCUT2D eigenvalue weighted by Crippen LogP contribution is -2.40. The number of halogens is 2. The molecule has 1 aromatic rings. The van der Waals surface area contributed by atoms with Gasteiger partial charge in [-0.2, -0.15) is 0 Å². The first kappa shape index (κ1) is 17.3. The molecule has 2 unspecified atom stereocenters. The summed E-state index contributed by atoms with van der Waals surface area (Å²) in [5, 5.41) is 13.6. The van der Waals surface area contributed by atoms with Crippen molar-refractivity contribution >= 4 is 24.0 Å². The van der Waals surface area contributed by atoms with Crippen molar-refractivity contribution in [1.82, 2.24) is 5.32 Å². The molecule has 21 heavy (non-hydrogen) atoms. The Labute approximate surface area is 127 Å². The maximum absolute atomic E-state index is 13.2. The van der Waals surface area contributed by atoms with Crippen LogP contribution in [0.2, 0.25) is 0 Å². The number of benzene rings is 1. The van der Waals surface area contributed by atoms with E-state index in [0.29, 0.717) is 6.54 Å². The molecule has 0 aromatic heterocycles. The molecule has 1 amide bonds. The number of nitrogens with zero attached hydrogens (tertiary/aromatic N) is 1. The molecule has 0 spiro atoms. The average Bonchev–Trinajstić information content (AvgIpc) is 2.85. The lowest BCUT2D eigenvalue weighted by Gasteiger charge is -2.19. The molecule has 0 saturated heterocycles. The highest BCUT2D eigenvalue weighted by molar-refractivity contribution is 5.98. The number of hydrogen-bond donors (Lipinski definition) is 2. The predicted octanol–water partition coefficient (Wildman–Crippen LogP) is 2.01. The summed E-state index contributed by atoms with van der Waals surface area (Å²) in [5.41, 5.74) is 4.97. The first-order valence-electron chi connectivity index (χ1n) is 6.47. The number of hydrogen-bond acceptors (Lipinski definition) is 4. The van der Waals surface area contributed by atoms with Gasteiger partial charge in [-0.25, -0.2) is 4.39 Å². The van der Waals surface area contributed by atoms with Crippen LogP contribution in [0, 0.1) is 21.8 Å². The number of carbonyl (C=O) groups excluding carboxylic acids is 1. The van der Waals surface area contributed by atoms with Crippen molar-refractivity contribution in [3.05, 3.63) is 39.7 Å². The van der Waals surface area contributed by atoms with Crippen molar-refractivity contribution in [1.29, 1.82) is 0 Å². The first-order valence-corrected chi connectivity index (χ1v) is 6.47. The van der Waals surface area contributed by atoms with Crippen LogP contribution in [0.15, 0.2) is 18.2 Å². The van der Waals surface area contributed by atoms with Crippen LogP contribution in [0.25, 0.3) is 0 Å². The van der Waals surface area contributed by atoms with Gasteiger partial charge in [0.25, 0.3) is 11.6 Å². The summed E-state index contributed by atoms with van der Waals surface area (Å²) in [5.74, 6) is -1.13. The SMILES string of the molecule is Cl.NCC1CCCC1NC(=O)c1cc(F)ccc1[N+](=O)[O-]. The molecule has 1 aliphatic rings. The van der Waals surface area contributed by atoms with Crippen molar-refractivity contribution in [3.63, 3.8) is 0 Å². The molecule has 0 heterocycles. The number of nitrogens with one attached hydrogen (secondary N) is 1. The third kappa shape index (κ3) is 3.89. The lowest BCUT2D eigenvalue weighted by atomic mass is 10.0. The van der Waals surface area contributed by atoms with Crippen molar-refractivity contribution in [2.45, 2.75) is 25.3 Å². The molecule has 3 N–H and O–H groups in total. The van der Waals surface area contributed by atoms with E-state index in [1.54, 1.807) is 0 Å². The number of nitrogens with two attached hydrogens (primary N) is 1. The average molecular weight is 318 g/mol. The van der Waals surface area contributed by atoms with Crippen LogP contribution >= 0.6 is 12.4 Å². The van der Waals surface area contributed by atoms with Gasteiger partial charge in [-0.1, -0.05) is 6.42 Å². The number of nitro groups is 1. The summed E-state index contributed by atoms with van der Waals surface area (Å²) in [6, 6.07) is 2.75. The minimum absolute atomic E-state index is 0. The molecular weight excluding hydrogens is 301 g/mol. The Morgan fingerprint density at radius 2 is 2.19 bits per heavy atom. The van der Waals surface area contributed by atoms with Gasteiger partial charge < -0.3 is 11.1 Å². The van der Waals surface area contributed by atoms with E-state index in [1.165, 1.54) is 0 Å². The number of rotatable bonds is 4. The van der Waals surface area contributed by atoms with E-state index in [0.717, 1.165) is 37.5 Å². The first-order chi connectivity index (χ1) is 9.52. The van der Waals surface area contributed by atoms with Gasteiger partial charge >= 0.3 is 0 Å². The second-order valence-electron chi connectivity index (χ2n) is 4.93. The number of amides is 1. The molecule has 1 fully saturated rings. The Bertz CT molecular complexity index is 541. The number of carbonyl (C=O) groups is 1. The minimum Gasteiger partial charge on any atom is -0.349 e. The van der Waals surface area contributed by atoms with Gasteiger partial charge in [0.05, 0.1) is 4.92 Å². The van der Waals surface area contributed by atoms with Crippen molar-refractivity contribution in [2.24, 2.45) is 11.7 Å².